The molecule has 1 saturated heterocycles. The number of nitrogens with zero attached hydrogens (tertiary/aromatic N) is 4. The average Bonchev–Trinajstić information content (AvgIpc) is 2.62. The SMILES string of the molecule is CC(c1cccc(C#N)c1)N1CCN(c2ncccc2F)CC1. The molecule has 1 aromatic carbocycles. The van der Waals surface area contributed by atoms with E-state index in [-0.39, 0.29) is 11.9 Å². The maximum Gasteiger partial charge on any atom is 0.165 e. The van der Waals surface area contributed by atoms with Gasteiger partial charge in [-0.05, 0) is 36.8 Å². The predicted molar refractivity (Wildman–Crippen MR) is 87.6 cm³/mol. The van der Waals surface area contributed by atoms with E-state index in [1.807, 2.05) is 23.1 Å². The summed E-state index contributed by atoms with van der Waals surface area (Å²) in [5, 5.41) is 9.03. The summed E-state index contributed by atoms with van der Waals surface area (Å²) in [5.41, 5.74) is 1.82. The molecule has 1 aliphatic heterocycles. The highest BCUT2D eigenvalue weighted by molar-refractivity contribution is 5.40. The lowest BCUT2D eigenvalue weighted by Gasteiger charge is -2.38. The Morgan fingerprint density at radius 1 is 1.17 bits per heavy atom. The molecular formula is C18H19FN4. The van der Waals surface area contributed by atoms with Crippen LogP contribution in [0.3, 0.4) is 0 Å². The molecule has 118 valence electrons. The van der Waals surface area contributed by atoms with Crippen molar-refractivity contribution < 1.29 is 4.39 Å². The van der Waals surface area contributed by atoms with Gasteiger partial charge in [0.2, 0.25) is 0 Å². The molecule has 23 heavy (non-hydrogen) atoms. The summed E-state index contributed by atoms with van der Waals surface area (Å²) in [7, 11) is 0. The first-order chi connectivity index (χ1) is 11.2. The van der Waals surface area contributed by atoms with Crippen LogP contribution in [0.15, 0.2) is 42.6 Å². The van der Waals surface area contributed by atoms with Crippen LogP contribution in [0.25, 0.3) is 0 Å². The van der Waals surface area contributed by atoms with Crippen molar-refractivity contribution in [2.24, 2.45) is 0 Å². The number of benzene rings is 1. The first-order valence-corrected chi connectivity index (χ1v) is 7.78. The van der Waals surface area contributed by atoms with E-state index in [4.69, 9.17) is 5.26 Å². The van der Waals surface area contributed by atoms with Crippen molar-refractivity contribution in [3.05, 3.63) is 59.5 Å². The van der Waals surface area contributed by atoms with Crippen molar-refractivity contribution in [1.82, 2.24) is 9.88 Å². The van der Waals surface area contributed by atoms with Crippen molar-refractivity contribution in [2.75, 3.05) is 31.1 Å². The summed E-state index contributed by atoms with van der Waals surface area (Å²) in [6, 6.07) is 13.2. The van der Waals surface area contributed by atoms with Crippen LogP contribution in [-0.4, -0.2) is 36.1 Å². The normalized spacial score (nSPS) is 16.8. The van der Waals surface area contributed by atoms with Gasteiger partial charge < -0.3 is 4.90 Å². The van der Waals surface area contributed by atoms with Crippen LogP contribution in [0.4, 0.5) is 10.2 Å². The third kappa shape index (κ3) is 3.33. The third-order valence-corrected chi connectivity index (χ3v) is 4.40. The predicted octanol–water partition coefficient (Wildman–Crippen LogP) is 2.98. The van der Waals surface area contributed by atoms with Gasteiger partial charge in [0.25, 0.3) is 0 Å². The number of nitriles is 1. The van der Waals surface area contributed by atoms with Crippen LogP contribution in [0.2, 0.25) is 0 Å². The second kappa shape index (κ2) is 6.76. The van der Waals surface area contributed by atoms with Crippen molar-refractivity contribution >= 4 is 5.82 Å². The fourth-order valence-electron chi connectivity index (χ4n) is 3.01. The number of rotatable bonds is 3. The molecule has 3 rings (SSSR count). The molecule has 0 N–H and O–H groups in total. The van der Waals surface area contributed by atoms with Gasteiger partial charge >= 0.3 is 0 Å². The van der Waals surface area contributed by atoms with Gasteiger partial charge in [-0.15, -0.1) is 0 Å². The van der Waals surface area contributed by atoms with Crippen molar-refractivity contribution in [3.63, 3.8) is 0 Å². The number of halogens is 1. The monoisotopic (exact) mass is 310 g/mol. The number of anilines is 1. The van der Waals surface area contributed by atoms with Gasteiger partial charge in [-0.2, -0.15) is 5.26 Å². The molecule has 0 bridgehead atoms. The van der Waals surface area contributed by atoms with Gasteiger partial charge in [-0.25, -0.2) is 9.37 Å². The topological polar surface area (TPSA) is 43.2 Å². The Bertz CT molecular complexity index is 717. The minimum absolute atomic E-state index is 0.235. The van der Waals surface area contributed by atoms with E-state index in [0.717, 1.165) is 31.7 Å². The standard InChI is InChI=1S/C18H19FN4/c1-14(16-5-2-4-15(12-16)13-20)22-8-10-23(11-9-22)18-17(19)6-3-7-21-18/h2-7,12,14H,8-11H2,1H3. The van der Waals surface area contributed by atoms with Gasteiger partial charge in [0.15, 0.2) is 11.6 Å². The Kier molecular flexibility index (Phi) is 4.54. The highest BCUT2D eigenvalue weighted by atomic mass is 19.1. The molecule has 5 heteroatoms. The second-order valence-corrected chi connectivity index (χ2v) is 5.75. The zero-order valence-corrected chi connectivity index (χ0v) is 13.1. The van der Waals surface area contributed by atoms with E-state index in [1.165, 1.54) is 6.07 Å². The number of piperazine rings is 1. The number of aromatic nitrogens is 1. The molecule has 1 unspecified atom stereocenters. The lowest BCUT2D eigenvalue weighted by Crippen LogP contribution is -2.47. The second-order valence-electron chi connectivity index (χ2n) is 5.75. The average molecular weight is 310 g/mol. The summed E-state index contributed by atoms with van der Waals surface area (Å²) >= 11 is 0. The number of hydrogen-bond acceptors (Lipinski definition) is 4. The first-order valence-electron chi connectivity index (χ1n) is 7.78. The summed E-state index contributed by atoms with van der Waals surface area (Å²) < 4.78 is 13.8. The Morgan fingerprint density at radius 2 is 1.96 bits per heavy atom. The molecule has 1 aliphatic rings. The van der Waals surface area contributed by atoms with Crippen LogP contribution < -0.4 is 4.90 Å². The molecule has 2 aromatic rings. The zero-order valence-electron chi connectivity index (χ0n) is 13.1. The molecule has 0 amide bonds. The van der Waals surface area contributed by atoms with Crippen molar-refractivity contribution in [1.29, 1.82) is 5.26 Å². The van der Waals surface area contributed by atoms with E-state index in [1.54, 1.807) is 12.3 Å². The summed E-state index contributed by atoms with van der Waals surface area (Å²) in [5.74, 6) is 0.169. The van der Waals surface area contributed by atoms with E-state index in [2.05, 4.69) is 28.9 Å². The lowest BCUT2D eigenvalue weighted by molar-refractivity contribution is 0.197. The summed E-state index contributed by atoms with van der Waals surface area (Å²) in [6.07, 6.45) is 1.63. The zero-order chi connectivity index (χ0) is 16.2. The van der Waals surface area contributed by atoms with E-state index < -0.39 is 0 Å². The van der Waals surface area contributed by atoms with Crippen LogP contribution in [0.5, 0.6) is 0 Å². The van der Waals surface area contributed by atoms with E-state index in [9.17, 15) is 4.39 Å². The fraction of sp³-hybridized carbons (Fsp3) is 0.333. The van der Waals surface area contributed by atoms with Gasteiger partial charge in [0.05, 0.1) is 11.6 Å². The lowest BCUT2D eigenvalue weighted by atomic mass is 10.0. The maximum atomic E-state index is 13.8. The van der Waals surface area contributed by atoms with Crippen LogP contribution >= 0.6 is 0 Å². The Balaban J connectivity index is 1.67. The van der Waals surface area contributed by atoms with Crippen molar-refractivity contribution in [3.8, 4) is 6.07 Å². The molecule has 1 fully saturated rings. The third-order valence-electron chi connectivity index (χ3n) is 4.40. The fourth-order valence-corrected chi connectivity index (χ4v) is 3.01. The molecule has 0 aliphatic carbocycles. The van der Waals surface area contributed by atoms with Crippen molar-refractivity contribution in [2.45, 2.75) is 13.0 Å². The van der Waals surface area contributed by atoms with E-state index >= 15 is 0 Å². The molecule has 0 radical (unpaired) electrons. The Labute approximate surface area is 135 Å². The summed E-state index contributed by atoms with van der Waals surface area (Å²) in [4.78, 5) is 8.49. The molecule has 4 nitrogen and oxygen atoms in total. The number of hydrogen-bond donors (Lipinski definition) is 0. The molecule has 0 saturated carbocycles. The van der Waals surface area contributed by atoms with Gasteiger partial charge in [-0.3, -0.25) is 4.90 Å². The summed E-state index contributed by atoms with van der Waals surface area (Å²) in [6.45, 7) is 5.32. The molecule has 0 spiro atoms. The van der Waals surface area contributed by atoms with Crippen LogP contribution in [0, 0.1) is 17.1 Å². The largest absolute Gasteiger partial charge is 0.352 e. The minimum atomic E-state index is -0.268. The molecular weight excluding hydrogens is 291 g/mol. The van der Waals surface area contributed by atoms with E-state index in [0.29, 0.717) is 11.4 Å². The highest BCUT2D eigenvalue weighted by Crippen LogP contribution is 2.24. The van der Waals surface area contributed by atoms with Gasteiger partial charge in [0.1, 0.15) is 0 Å². The first kappa shape index (κ1) is 15.4. The minimum Gasteiger partial charge on any atom is -0.352 e. The highest BCUT2D eigenvalue weighted by Gasteiger charge is 2.24. The maximum absolute atomic E-state index is 13.8. The molecule has 2 heterocycles. The van der Waals surface area contributed by atoms with Gasteiger partial charge in [0, 0.05) is 38.4 Å². The van der Waals surface area contributed by atoms with Crippen LogP contribution in [-0.2, 0) is 0 Å². The smallest absolute Gasteiger partial charge is 0.165 e. The number of pyridine rings is 1. The molecule has 1 atom stereocenters. The Hall–Kier alpha value is -2.45. The van der Waals surface area contributed by atoms with Crippen LogP contribution in [0.1, 0.15) is 24.1 Å². The van der Waals surface area contributed by atoms with Gasteiger partial charge in [-0.1, -0.05) is 12.1 Å². The molecule has 1 aromatic heterocycles. The quantitative estimate of drug-likeness (QED) is 0.874. The Morgan fingerprint density at radius 3 is 2.65 bits per heavy atom.